The van der Waals surface area contributed by atoms with Crippen LogP contribution >= 0.6 is 0 Å². The summed E-state index contributed by atoms with van der Waals surface area (Å²) in [6.07, 6.45) is 0. The van der Waals surface area contributed by atoms with Crippen molar-refractivity contribution in [2.24, 2.45) is 0 Å². The number of fused-ring (bicyclic) bond motifs is 1. The van der Waals surface area contributed by atoms with E-state index >= 15 is 0 Å². The SMILES string of the molecule is CCONC(=O)C1COc2ccccc21. The van der Waals surface area contributed by atoms with E-state index in [1.807, 2.05) is 31.2 Å². The Hall–Kier alpha value is -1.55. The van der Waals surface area contributed by atoms with E-state index < -0.39 is 0 Å². The van der Waals surface area contributed by atoms with Gasteiger partial charge in [-0.25, -0.2) is 5.48 Å². The second-order valence-electron chi connectivity index (χ2n) is 3.30. The molecule has 0 saturated heterocycles. The monoisotopic (exact) mass is 207 g/mol. The molecule has 2 rings (SSSR count). The van der Waals surface area contributed by atoms with E-state index in [9.17, 15) is 4.79 Å². The van der Waals surface area contributed by atoms with Gasteiger partial charge in [-0.1, -0.05) is 18.2 Å². The van der Waals surface area contributed by atoms with Gasteiger partial charge in [-0.3, -0.25) is 9.63 Å². The maximum atomic E-state index is 11.7. The van der Waals surface area contributed by atoms with Crippen LogP contribution in [-0.2, 0) is 9.63 Å². The number of hydrogen-bond acceptors (Lipinski definition) is 3. The standard InChI is InChI=1S/C11H13NO3/c1-2-15-12-11(13)9-7-14-10-6-4-3-5-8(9)10/h3-6,9H,2,7H2,1H3,(H,12,13). The van der Waals surface area contributed by atoms with Crippen LogP contribution in [0.25, 0.3) is 0 Å². The molecule has 0 bridgehead atoms. The highest BCUT2D eigenvalue weighted by molar-refractivity contribution is 5.84. The molecule has 1 aliphatic rings. The van der Waals surface area contributed by atoms with Gasteiger partial charge in [0.25, 0.3) is 5.91 Å². The fraction of sp³-hybridized carbons (Fsp3) is 0.364. The normalized spacial score (nSPS) is 18.1. The molecule has 1 heterocycles. The van der Waals surface area contributed by atoms with E-state index in [2.05, 4.69) is 5.48 Å². The molecule has 1 aliphatic heterocycles. The lowest BCUT2D eigenvalue weighted by Gasteiger charge is -2.08. The second-order valence-corrected chi connectivity index (χ2v) is 3.30. The minimum absolute atomic E-state index is 0.151. The molecule has 1 N–H and O–H groups in total. The third kappa shape index (κ3) is 1.94. The Kier molecular flexibility index (Phi) is 2.87. The van der Waals surface area contributed by atoms with Crippen molar-refractivity contribution in [3.63, 3.8) is 0 Å². The van der Waals surface area contributed by atoms with Crippen molar-refractivity contribution in [1.29, 1.82) is 0 Å². The molecule has 4 nitrogen and oxygen atoms in total. The number of carbonyl (C=O) groups excluding carboxylic acids is 1. The molecule has 1 unspecified atom stereocenters. The van der Waals surface area contributed by atoms with Gasteiger partial charge in [0.15, 0.2) is 0 Å². The number of benzene rings is 1. The van der Waals surface area contributed by atoms with Crippen molar-refractivity contribution in [1.82, 2.24) is 5.48 Å². The van der Waals surface area contributed by atoms with Gasteiger partial charge in [0.2, 0.25) is 0 Å². The molecule has 0 aromatic heterocycles. The van der Waals surface area contributed by atoms with Crippen molar-refractivity contribution >= 4 is 5.91 Å². The number of hydroxylamine groups is 1. The Morgan fingerprint density at radius 3 is 3.20 bits per heavy atom. The molecule has 0 fully saturated rings. The number of amides is 1. The van der Waals surface area contributed by atoms with E-state index in [1.54, 1.807) is 0 Å². The third-order valence-corrected chi connectivity index (χ3v) is 2.33. The van der Waals surface area contributed by atoms with E-state index in [-0.39, 0.29) is 11.8 Å². The van der Waals surface area contributed by atoms with Crippen molar-refractivity contribution in [2.45, 2.75) is 12.8 Å². The van der Waals surface area contributed by atoms with Crippen LogP contribution in [0.3, 0.4) is 0 Å². The van der Waals surface area contributed by atoms with E-state index in [1.165, 1.54) is 0 Å². The summed E-state index contributed by atoms with van der Waals surface area (Å²) in [7, 11) is 0. The van der Waals surface area contributed by atoms with Gasteiger partial charge in [-0.2, -0.15) is 0 Å². The molecule has 1 aromatic carbocycles. The number of hydrogen-bond donors (Lipinski definition) is 1. The second kappa shape index (κ2) is 4.31. The average Bonchev–Trinajstić information content (AvgIpc) is 2.69. The predicted molar refractivity (Wildman–Crippen MR) is 54.4 cm³/mol. The van der Waals surface area contributed by atoms with E-state index in [0.717, 1.165) is 11.3 Å². The molecule has 1 atom stereocenters. The van der Waals surface area contributed by atoms with Gasteiger partial charge >= 0.3 is 0 Å². The van der Waals surface area contributed by atoms with Gasteiger partial charge in [0, 0.05) is 5.56 Å². The molecule has 0 spiro atoms. The Bertz CT molecular complexity index is 365. The van der Waals surface area contributed by atoms with Crippen LogP contribution in [-0.4, -0.2) is 19.1 Å². The van der Waals surface area contributed by atoms with Gasteiger partial charge in [0.1, 0.15) is 18.3 Å². The van der Waals surface area contributed by atoms with Gasteiger partial charge in [-0.05, 0) is 13.0 Å². The van der Waals surface area contributed by atoms with E-state index in [4.69, 9.17) is 9.57 Å². The van der Waals surface area contributed by atoms with E-state index in [0.29, 0.717) is 13.2 Å². The summed E-state index contributed by atoms with van der Waals surface area (Å²) >= 11 is 0. The molecule has 1 amide bonds. The third-order valence-electron chi connectivity index (χ3n) is 2.33. The number of para-hydroxylation sites is 1. The summed E-state index contributed by atoms with van der Waals surface area (Å²) in [5, 5.41) is 0. The summed E-state index contributed by atoms with van der Waals surface area (Å²) in [6.45, 7) is 2.67. The summed E-state index contributed by atoms with van der Waals surface area (Å²) in [5.74, 6) is 0.378. The number of ether oxygens (including phenoxy) is 1. The predicted octanol–water partition coefficient (Wildman–Crippen LogP) is 1.23. The first-order valence-corrected chi connectivity index (χ1v) is 4.96. The summed E-state index contributed by atoms with van der Waals surface area (Å²) in [6, 6.07) is 7.55. The first-order chi connectivity index (χ1) is 7.33. The van der Waals surface area contributed by atoms with Crippen molar-refractivity contribution < 1.29 is 14.4 Å². The maximum absolute atomic E-state index is 11.7. The van der Waals surface area contributed by atoms with Crippen molar-refractivity contribution in [3.05, 3.63) is 29.8 Å². The number of rotatable bonds is 3. The lowest BCUT2D eigenvalue weighted by atomic mass is 10.0. The zero-order valence-electron chi connectivity index (χ0n) is 8.53. The average molecular weight is 207 g/mol. The Balaban J connectivity index is 2.10. The zero-order chi connectivity index (χ0) is 10.7. The van der Waals surface area contributed by atoms with Gasteiger partial charge in [-0.15, -0.1) is 0 Å². The molecule has 0 saturated carbocycles. The smallest absolute Gasteiger partial charge is 0.254 e. The van der Waals surface area contributed by atoms with Crippen LogP contribution in [0.1, 0.15) is 18.4 Å². The summed E-state index contributed by atoms with van der Waals surface area (Å²) in [4.78, 5) is 16.5. The quantitative estimate of drug-likeness (QED) is 0.758. The largest absolute Gasteiger partial charge is 0.492 e. The topological polar surface area (TPSA) is 47.6 Å². The minimum atomic E-state index is -0.257. The molecule has 0 radical (unpaired) electrons. The minimum Gasteiger partial charge on any atom is -0.492 e. The van der Waals surface area contributed by atoms with Crippen LogP contribution in [0.5, 0.6) is 5.75 Å². The zero-order valence-corrected chi connectivity index (χ0v) is 8.53. The molecule has 4 heteroatoms. The van der Waals surface area contributed by atoms with Crippen molar-refractivity contribution in [3.8, 4) is 5.75 Å². The van der Waals surface area contributed by atoms with Gasteiger partial charge in [0.05, 0.1) is 6.61 Å². The maximum Gasteiger partial charge on any atom is 0.254 e. The van der Waals surface area contributed by atoms with Crippen LogP contribution in [0, 0.1) is 0 Å². The first kappa shape index (κ1) is 9.98. The molecule has 80 valence electrons. The Morgan fingerprint density at radius 1 is 1.60 bits per heavy atom. The van der Waals surface area contributed by atoms with Crippen LogP contribution < -0.4 is 10.2 Å². The van der Waals surface area contributed by atoms with Crippen LogP contribution in [0.2, 0.25) is 0 Å². The fourth-order valence-electron chi connectivity index (χ4n) is 1.59. The molecule has 0 aliphatic carbocycles. The van der Waals surface area contributed by atoms with Crippen LogP contribution in [0.15, 0.2) is 24.3 Å². The number of nitrogens with one attached hydrogen (secondary N) is 1. The Morgan fingerprint density at radius 2 is 2.40 bits per heavy atom. The highest BCUT2D eigenvalue weighted by Crippen LogP contribution is 2.33. The highest BCUT2D eigenvalue weighted by Gasteiger charge is 2.29. The Labute approximate surface area is 88.1 Å². The molecule has 15 heavy (non-hydrogen) atoms. The lowest BCUT2D eigenvalue weighted by Crippen LogP contribution is -2.30. The first-order valence-electron chi connectivity index (χ1n) is 4.96. The molecule has 1 aromatic rings. The fourth-order valence-corrected chi connectivity index (χ4v) is 1.59. The summed E-state index contributed by atoms with van der Waals surface area (Å²) in [5.41, 5.74) is 3.32. The highest BCUT2D eigenvalue weighted by atomic mass is 16.6. The summed E-state index contributed by atoms with van der Waals surface area (Å²) < 4.78 is 5.40. The van der Waals surface area contributed by atoms with Crippen LogP contribution in [0.4, 0.5) is 0 Å². The van der Waals surface area contributed by atoms with Gasteiger partial charge < -0.3 is 4.74 Å². The lowest BCUT2D eigenvalue weighted by molar-refractivity contribution is -0.134. The molecular weight excluding hydrogens is 194 g/mol. The molecular formula is C11H13NO3. The van der Waals surface area contributed by atoms with Crippen molar-refractivity contribution in [2.75, 3.05) is 13.2 Å². The number of carbonyl (C=O) groups is 1.